The number of carbonyl (C=O) groups excluding carboxylic acids is 1. The molecule has 2 heterocycles. The number of fused-ring (bicyclic) bond motifs is 1. The second-order valence-electron chi connectivity index (χ2n) is 5.44. The molecule has 0 N–H and O–H groups in total. The fraction of sp³-hybridized carbons (Fsp3) is 0.615. The molecule has 18 heavy (non-hydrogen) atoms. The normalized spacial score (nSPS) is 33.1. The van der Waals surface area contributed by atoms with E-state index in [9.17, 15) is 4.79 Å². The molecule has 1 aliphatic carbocycles. The van der Waals surface area contributed by atoms with Crippen LogP contribution in [0, 0.1) is 5.41 Å². The van der Waals surface area contributed by atoms with Gasteiger partial charge >= 0.3 is 0 Å². The van der Waals surface area contributed by atoms with Gasteiger partial charge in [-0.25, -0.2) is 0 Å². The summed E-state index contributed by atoms with van der Waals surface area (Å²) in [6, 6.07) is 2.25. The molecule has 0 bridgehead atoms. The molecule has 0 aromatic carbocycles. The first kappa shape index (κ1) is 12.8. The SMILES string of the molecule is CC1c2ccsc2CCN1C(=O)C1(C)CC1(Cl)Cl. The summed E-state index contributed by atoms with van der Waals surface area (Å²) < 4.78 is -0.876. The van der Waals surface area contributed by atoms with Crippen LogP contribution in [0.25, 0.3) is 0 Å². The smallest absolute Gasteiger partial charge is 0.232 e. The van der Waals surface area contributed by atoms with Gasteiger partial charge in [0.25, 0.3) is 0 Å². The van der Waals surface area contributed by atoms with E-state index in [2.05, 4.69) is 18.4 Å². The first-order chi connectivity index (χ1) is 8.37. The van der Waals surface area contributed by atoms with Crippen molar-refractivity contribution in [3.05, 3.63) is 21.9 Å². The van der Waals surface area contributed by atoms with Gasteiger partial charge in [0.1, 0.15) is 4.33 Å². The van der Waals surface area contributed by atoms with Crippen LogP contribution in [0.5, 0.6) is 0 Å². The van der Waals surface area contributed by atoms with Gasteiger partial charge in [0.2, 0.25) is 5.91 Å². The molecular formula is C13H15Cl2NOS. The van der Waals surface area contributed by atoms with Gasteiger partial charge in [-0.15, -0.1) is 34.5 Å². The van der Waals surface area contributed by atoms with Crippen LogP contribution in [0.2, 0.25) is 0 Å². The lowest BCUT2D eigenvalue weighted by Gasteiger charge is -2.36. The van der Waals surface area contributed by atoms with Crippen molar-refractivity contribution in [2.24, 2.45) is 5.41 Å². The highest BCUT2D eigenvalue weighted by Gasteiger charge is 2.69. The Morgan fingerprint density at radius 1 is 1.56 bits per heavy atom. The zero-order valence-corrected chi connectivity index (χ0v) is 12.7. The van der Waals surface area contributed by atoms with Crippen molar-refractivity contribution in [3.63, 3.8) is 0 Å². The molecule has 3 rings (SSSR count). The molecule has 2 nitrogen and oxygen atoms in total. The molecule has 5 heteroatoms. The van der Waals surface area contributed by atoms with E-state index in [1.54, 1.807) is 11.3 Å². The molecule has 0 radical (unpaired) electrons. The second-order valence-corrected chi connectivity index (χ2v) is 7.92. The number of rotatable bonds is 1. The summed E-state index contributed by atoms with van der Waals surface area (Å²) in [5.74, 6) is 0.0943. The van der Waals surface area contributed by atoms with Gasteiger partial charge in [0, 0.05) is 11.4 Å². The number of thiophene rings is 1. The van der Waals surface area contributed by atoms with E-state index in [1.165, 1.54) is 10.4 Å². The monoisotopic (exact) mass is 303 g/mol. The third-order valence-electron chi connectivity index (χ3n) is 4.27. The Morgan fingerprint density at radius 3 is 2.83 bits per heavy atom. The molecule has 0 saturated heterocycles. The third kappa shape index (κ3) is 1.64. The fourth-order valence-corrected chi connectivity index (χ4v) is 4.39. The summed E-state index contributed by atoms with van der Waals surface area (Å²) in [6.07, 6.45) is 1.50. The summed E-state index contributed by atoms with van der Waals surface area (Å²) in [4.78, 5) is 15.9. The molecule has 1 aromatic heterocycles. The highest BCUT2D eigenvalue weighted by atomic mass is 35.5. The van der Waals surface area contributed by atoms with E-state index in [0.717, 1.165) is 13.0 Å². The Kier molecular flexibility index (Phi) is 2.75. The molecule has 1 amide bonds. The molecule has 1 aromatic rings. The van der Waals surface area contributed by atoms with Crippen LogP contribution in [0.3, 0.4) is 0 Å². The van der Waals surface area contributed by atoms with Crippen LogP contribution in [-0.2, 0) is 11.2 Å². The zero-order chi connectivity index (χ0) is 13.1. The number of carbonyl (C=O) groups is 1. The molecule has 1 saturated carbocycles. The Hall–Kier alpha value is -0.250. The van der Waals surface area contributed by atoms with Crippen LogP contribution in [0.1, 0.15) is 36.8 Å². The van der Waals surface area contributed by atoms with Gasteiger partial charge in [-0.05, 0) is 43.7 Å². The number of halogens is 2. The molecule has 1 aliphatic heterocycles. The van der Waals surface area contributed by atoms with E-state index < -0.39 is 9.75 Å². The van der Waals surface area contributed by atoms with Crippen molar-refractivity contribution < 1.29 is 4.79 Å². The van der Waals surface area contributed by atoms with Crippen LogP contribution in [-0.4, -0.2) is 21.7 Å². The van der Waals surface area contributed by atoms with E-state index in [-0.39, 0.29) is 11.9 Å². The number of alkyl halides is 2. The number of hydrogen-bond acceptors (Lipinski definition) is 2. The maximum absolute atomic E-state index is 12.6. The van der Waals surface area contributed by atoms with Crippen LogP contribution in [0.15, 0.2) is 11.4 Å². The summed E-state index contributed by atoms with van der Waals surface area (Å²) in [7, 11) is 0. The van der Waals surface area contributed by atoms with Gasteiger partial charge in [0.05, 0.1) is 11.5 Å². The predicted octanol–water partition coefficient (Wildman–Crippen LogP) is 3.78. The Balaban J connectivity index is 1.86. The summed E-state index contributed by atoms with van der Waals surface area (Å²) in [6.45, 7) is 4.72. The molecule has 98 valence electrons. The zero-order valence-electron chi connectivity index (χ0n) is 10.4. The first-order valence-corrected chi connectivity index (χ1v) is 7.75. The standard InChI is InChI=1S/C13H15Cl2NOS/c1-8-9-4-6-18-10(9)3-5-16(8)11(17)12(2)7-13(12,14)15/h4,6,8H,3,5,7H2,1-2H3. The van der Waals surface area contributed by atoms with Crippen LogP contribution >= 0.6 is 34.5 Å². The lowest BCUT2D eigenvalue weighted by atomic mass is 9.98. The van der Waals surface area contributed by atoms with E-state index >= 15 is 0 Å². The van der Waals surface area contributed by atoms with Crippen LogP contribution < -0.4 is 0 Å². The molecule has 2 atom stereocenters. The van der Waals surface area contributed by atoms with Crippen molar-refractivity contribution in [2.75, 3.05) is 6.54 Å². The quantitative estimate of drug-likeness (QED) is 0.723. The molecule has 2 unspecified atom stereocenters. The predicted molar refractivity (Wildman–Crippen MR) is 75.3 cm³/mol. The Bertz CT molecular complexity index is 513. The Labute approximate surface area is 121 Å². The highest BCUT2D eigenvalue weighted by Crippen LogP contribution is 2.65. The average molecular weight is 304 g/mol. The van der Waals surface area contributed by atoms with Crippen LogP contribution in [0.4, 0.5) is 0 Å². The summed E-state index contributed by atoms with van der Waals surface area (Å²) >= 11 is 14.0. The molecule has 0 spiro atoms. The number of nitrogens with zero attached hydrogens (tertiary/aromatic N) is 1. The van der Waals surface area contributed by atoms with Gasteiger partial charge in [-0.3, -0.25) is 4.79 Å². The van der Waals surface area contributed by atoms with Crippen molar-refractivity contribution >= 4 is 40.4 Å². The molecule has 1 fully saturated rings. The molecule has 2 aliphatic rings. The van der Waals surface area contributed by atoms with Gasteiger partial charge in [-0.2, -0.15) is 0 Å². The van der Waals surface area contributed by atoms with E-state index in [4.69, 9.17) is 23.2 Å². The van der Waals surface area contributed by atoms with E-state index in [1.807, 2.05) is 11.8 Å². The van der Waals surface area contributed by atoms with Crippen molar-refractivity contribution in [2.45, 2.75) is 37.1 Å². The molecular weight excluding hydrogens is 289 g/mol. The topological polar surface area (TPSA) is 20.3 Å². The number of hydrogen-bond donors (Lipinski definition) is 0. The average Bonchev–Trinajstić information content (AvgIpc) is 2.67. The van der Waals surface area contributed by atoms with Gasteiger partial charge in [0.15, 0.2) is 0 Å². The second kappa shape index (κ2) is 3.87. The Morgan fingerprint density at radius 2 is 2.22 bits per heavy atom. The maximum atomic E-state index is 12.6. The first-order valence-electron chi connectivity index (χ1n) is 6.12. The number of amides is 1. The minimum Gasteiger partial charge on any atom is -0.335 e. The minimum absolute atomic E-state index is 0.0943. The van der Waals surface area contributed by atoms with Crippen molar-refractivity contribution in [1.29, 1.82) is 0 Å². The minimum atomic E-state index is -0.876. The van der Waals surface area contributed by atoms with E-state index in [0.29, 0.717) is 6.42 Å². The lowest BCUT2D eigenvalue weighted by molar-refractivity contribution is -0.139. The third-order valence-corrected chi connectivity index (χ3v) is 6.37. The lowest BCUT2D eigenvalue weighted by Crippen LogP contribution is -2.43. The van der Waals surface area contributed by atoms with Crippen molar-refractivity contribution in [1.82, 2.24) is 4.90 Å². The summed E-state index contributed by atoms with van der Waals surface area (Å²) in [5, 5.41) is 2.10. The van der Waals surface area contributed by atoms with Crippen molar-refractivity contribution in [3.8, 4) is 0 Å². The maximum Gasteiger partial charge on any atom is 0.232 e. The summed E-state index contributed by atoms with van der Waals surface area (Å²) in [5.41, 5.74) is 0.677. The fourth-order valence-electron chi connectivity index (χ4n) is 2.74. The van der Waals surface area contributed by atoms with Gasteiger partial charge < -0.3 is 4.90 Å². The highest BCUT2D eigenvalue weighted by molar-refractivity contribution is 7.10. The van der Waals surface area contributed by atoms with Gasteiger partial charge in [-0.1, -0.05) is 0 Å². The largest absolute Gasteiger partial charge is 0.335 e.